The van der Waals surface area contributed by atoms with E-state index in [4.69, 9.17) is 21.1 Å². The first-order valence-corrected chi connectivity index (χ1v) is 11.2. The Morgan fingerprint density at radius 2 is 1.93 bits per heavy atom. The lowest BCUT2D eigenvalue weighted by molar-refractivity contribution is 0.0953. The SMILES string of the molecule is Cc1ccc(OCCSc2nnc(-c3ccc(Cl)cc3)n2C[C@@H]2CCCO2)cc1. The largest absolute Gasteiger partial charge is 0.493 e. The number of nitrogens with zero attached hydrogens (tertiary/aromatic N) is 3. The first-order chi connectivity index (χ1) is 14.2. The van der Waals surface area contributed by atoms with Crippen molar-refractivity contribution >= 4 is 23.4 Å². The van der Waals surface area contributed by atoms with E-state index in [9.17, 15) is 0 Å². The summed E-state index contributed by atoms with van der Waals surface area (Å²) in [7, 11) is 0. The Kier molecular flexibility index (Phi) is 6.74. The van der Waals surface area contributed by atoms with E-state index < -0.39 is 0 Å². The van der Waals surface area contributed by atoms with Gasteiger partial charge in [0.2, 0.25) is 0 Å². The molecule has 4 rings (SSSR count). The second kappa shape index (κ2) is 9.65. The van der Waals surface area contributed by atoms with Crippen LogP contribution in [0.25, 0.3) is 11.4 Å². The lowest BCUT2D eigenvalue weighted by Gasteiger charge is -2.15. The van der Waals surface area contributed by atoms with Gasteiger partial charge in [-0.25, -0.2) is 0 Å². The normalized spacial score (nSPS) is 16.3. The Hall–Kier alpha value is -2.02. The van der Waals surface area contributed by atoms with Crippen LogP contribution in [0.15, 0.2) is 53.7 Å². The third kappa shape index (κ3) is 5.32. The molecule has 29 heavy (non-hydrogen) atoms. The zero-order chi connectivity index (χ0) is 20.1. The smallest absolute Gasteiger partial charge is 0.191 e. The van der Waals surface area contributed by atoms with E-state index >= 15 is 0 Å². The molecule has 152 valence electrons. The number of rotatable bonds is 8. The Bertz CT molecular complexity index is 922. The Balaban J connectivity index is 1.44. The molecule has 0 aliphatic carbocycles. The van der Waals surface area contributed by atoms with Gasteiger partial charge in [-0.05, 0) is 56.2 Å². The summed E-state index contributed by atoms with van der Waals surface area (Å²) in [4.78, 5) is 0. The third-order valence-corrected chi connectivity index (χ3v) is 6.02. The van der Waals surface area contributed by atoms with Crippen LogP contribution in [0.5, 0.6) is 5.75 Å². The topological polar surface area (TPSA) is 49.2 Å². The summed E-state index contributed by atoms with van der Waals surface area (Å²) in [5.41, 5.74) is 2.23. The van der Waals surface area contributed by atoms with E-state index in [-0.39, 0.29) is 6.10 Å². The van der Waals surface area contributed by atoms with Crippen molar-refractivity contribution in [2.75, 3.05) is 19.0 Å². The summed E-state index contributed by atoms with van der Waals surface area (Å²) < 4.78 is 13.9. The number of aromatic nitrogens is 3. The van der Waals surface area contributed by atoms with Gasteiger partial charge in [0.05, 0.1) is 19.3 Å². The van der Waals surface area contributed by atoms with Crippen molar-refractivity contribution in [3.05, 3.63) is 59.1 Å². The molecular weight excluding hydrogens is 406 g/mol. The molecule has 0 saturated carbocycles. The number of ether oxygens (including phenoxy) is 2. The monoisotopic (exact) mass is 429 g/mol. The molecule has 0 amide bonds. The average molecular weight is 430 g/mol. The van der Waals surface area contributed by atoms with Gasteiger partial charge >= 0.3 is 0 Å². The van der Waals surface area contributed by atoms with E-state index in [1.165, 1.54) is 5.56 Å². The predicted octanol–water partition coefficient (Wildman–Crippen LogP) is 5.26. The maximum absolute atomic E-state index is 6.04. The van der Waals surface area contributed by atoms with Crippen LogP contribution >= 0.6 is 23.4 Å². The Morgan fingerprint density at radius 3 is 2.66 bits per heavy atom. The highest BCUT2D eigenvalue weighted by molar-refractivity contribution is 7.99. The zero-order valence-electron chi connectivity index (χ0n) is 16.4. The van der Waals surface area contributed by atoms with Gasteiger partial charge in [-0.15, -0.1) is 10.2 Å². The van der Waals surface area contributed by atoms with Crippen LogP contribution in [0.1, 0.15) is 18.4 Å². The van der Waals surface area contributed by atoms with Gasteiger partial charge in [-0.2, -0.15) is 0 Å². The molecule has 0 bridgehead atoms. The zero-order valence-corrected chi connectivity index (χ0v) is 18.0. The Labute approximate surface area is 180 Å². The van der Waals surface area contributed by atoms with Crippen LogP contribution < -0.4 is 4.74 Å². The average Bonchev–Trinajstić information content (AvgIpc) is 3.38. The number of aryl methyl sites for hydroxylation is 1. The summed E-state index contributed by atoms with van der Waals surface area (Å²) in [6.07, 6.45) is 2.38. The van der Waals surface area contributed by atoms with Crippen LogP contribution in [0.4, 0.5) is 0 Å². The van der Waals surface area contributed by atoms with Crippen LogP contribution in [-0.4, -0.2) is 39.8 Å². The fraction of sp³-hybridized carbons (Fsp3) is 0.364. The number of benzene rings is 2. The van der Waals surface area contributed by atoms with E-state index in [1.54, 1.807) is 11.8 Å². The highest BCUT2D eigenvalue weighted by Gasteiger charge is 2.21. The van der Waals surface area contributed by atoms with E-state index in [0.29, 0.717) is 11.6 Å². The number of hydrogen-bond donors (Lipinski definition) is 0. The van der Waals surface area contributed by atoms with E-state index in [2.05, 4.69) is 33.8 Å². The standard InChI is InChI=1S/C22H24ClN3O2S/c1-16-4-10-19(11-5-16)28-13-14-29-22-25-24-21(17-6-8-18(23)9-7-17)26(22)15-20-3-2-12-27-20/h4-11,20H,2-3,12-15H2,1H3/t20-/m0/s1. The molecule has 1 aliphatic rings. The lowest BCUT2D eigenvalue weighted by atomic mass is 10.2. The van der Waals surface area contributed by atoms with Crippen molar-refractivity contribution in [1.29, 1.82) is 0 Å². The third-order valence-electron chi connectivity index (χ3n) is 4.83. The lowest BCUT2D eigenvalue weighted by Crippen LogP contribution is -2.17. The molecule has 1 aliphatic heterocycles. The molecule has 1 saturated heterocycles. The molecule has 1 atom stereocenters. The van der Waals surface area contributed by atoms with Crippen molar-refractivity contribution in [1.82, 2.24) is 14.8 Å². The van der Waals surface area contributed by atoms with Crippen molar-refractivity contribution in [3.8, 4) is 17.1 Å². The second-order valence-electron chi connectivity index (χ2n) is 7.07. The summed E-state index contributed by atoms with van der Waals surface area (Å²) in [6, 6.07) is 15.8. The molecule has 1 aromatic heterocycles. The highest BCUT2D eigenvalue weighted by Crippen LogP contribution is 2.27. The second-order valence-corrected chi connectivity index (χ2v) is 8.57. The fourth-order valence-corrected chi connectivity index (χ4v) is 4.18. The molecule has 0 radical (unpaired) electrons. The van der Waals surface area contributed by atoms with Crippen molar-refractivity contribution < 1.29 is 9.47 Å². The number of hydrogen-bond acceptors (Lipinski definition) is 5. The molecule has 0 unspecified atom stereocenters. The number of halogens is 1. The van der Waals surface area contributed by atoms with Crippen LogP contribution in [0.3, 0.4) is 0 Å². The maximum atomic E-state index is 6.04. The quantitative estimate of drug-likeness (QED) is 0.361. The fourth-order valence-electron chi connectivity index (χ4n) is 3.29. The van der Waals surface area contributed by atoms with Gasteiger partial charge in [-0.1, -0.05) is 41.1 Å². The summed E-state index contributed by atoms with van der Waals surface area (Å²) in [5, 5.41) is 10.5. The molecule has 3 aromatic rings. The summed E-state index contributed by atoms with van der Waals surface area (Å²) >= 11 is 7.70. The van der Waals surface area contributed by atoms with Crippen LogP contribution in [-0.2, 0) is 11.3 Å². The summed E-state index contributed by atoms with van der Waals surface area (Å²) in [6.45, 7) is 4.26. The van der Waals surface area contributed by atoms with Gasteiger partial charge in [0.1, 0.15) is 5.75 Å². The van der Waals surface area contributed by atoms with Gasteiger partial charge in [-0.3, -0.25) is 4.57 Å². The molecule has 2 heterocycles. The maximum Gasteiger partial charge on any atom is 0.191 e. The van der Waals surface area contributed by atoms with Gasteiger partial charge in [0, 0.05) is 22.9 Å². The van der Waals surface area contributed by atoms with E-state index in [0.717, 1.165) is 54.0 Å². The van der Waals surface area contributed by atoms with Crippen molar-refractivity contribution in [2.24, 2.45) is 0 Å². The first kappa shape index (κ1) is 20.3. The van der Waals surface area contributed by atoms with Crippen LogP contribution in [0, 0.1) is 6.92 Å². The molecule has 1 fully saturated rings. The molecule has 7 heteroatoms. The van der Waals surface area contributed by atoms with Gasteiger partial charge in [0.15, 0.2) is 11.0 Å². The first-order valence-electron chi connectivity index (χ1n) is 9.82. The van der Waals surface area contributed by atoms with Crippen molar-refractivity contribution in [2.45, 2.75) is 37.6 Å². The molecule has 2 aromatic carbocycles. The summed E-state index contributed by atoms with van der Waals surface area (Å²) in [5.74, 6) is 2.52. The minimum atomic E-state index is 0.209. The molecule has 0 N–H and O–H groups in total. The van der Waals surface area contributed by atoms with Crippen molar-refractivity contribution in [3.63, 3.8) is 0 Å². The Morgan fingerprint density at radius 1 is 1.14 bits per heavy atom. The minimum Gasteiger partial charge on any atom is -0.493 e. The number of thioether (sulfide) groups is 1. The molecule has 0 spiro atoms. The molecular formula is C22H24ClN3O2S. The molecule has 5 nitrogen and oxygen atoms in total. The van der Waals surface area contributed by atoms with Gasteiger partial charge < -0.3 is 9.47 Å². The minimum absolute atomic E-state index is 0.209. The van der Waals surface area contributed by atoms with Gasteiger partial charge in [0.25, 0.3) is 0 Å². The van der Waals surface area contributed by atoms with E-state index in [1.807, 2.05) is 36.4 Å². The van der Waals surface area contributed by atoms with Crippen LogP contribution in [0.2, 0.25) is 5.02 Å². The predicted molar refractivity (Wildman–Crippen MR) is 117 cm³/mol. The highest BCUT2D eigenvalue weighted by atomic mass is 35.5.